The molecule has 308 valence electrons. The zero-order chi connectivity index (χ0) is 41.1. The first-order valence-electron chi connectivity index (χ1n) is 20.1. The van der Waals surface area contributed by atoms with Crippen LogP contribution in [0.5, 0.6) is 0 Å². The zero-order valence-corrected chi connectivity index (χ0v) is 34.8. The minimum atomic E-state index is -4.17. The van der Waals surface area contributed by atoms with Crippen LogP contribution in [0.3, 0.4) is 0 Å². The monoisotopic (exact) mass is 796 g/mol. The van der Waals surface area contributed by atoms with Crippen molar-refractivity contribution in [2.75, 3.05) is 20.1 Å². The number of aromatic nitrogens is 2. The fourth-order valence-electron chi connectivity index (χ4n) is 10.4. The van der Waals surface area contributed by atoms with Gasteiger partial charge in [-0.25, -0.2) is 9.71 Å². The molecule has 0 aromatic carbocycles. The molecule has 1 unspecified atom stereocenters. The summed E-state index contributed by atoms with van der Waals surface area (Å²) in [6.45, 7) is 15.8. The lowest BCUT2D eigenvalue weighted by molar-refractivity contribution is -0.145. The number of carbonyl (C=O) groups excluding carboxylic acids is 5. The zero-order valence-electron chi connectivity index (χ0n) is 33.9. The fraction of sp³-hybridized carbons (Fsp3) is 0.725. The largest absolute Gasteiger partial charge is 0.342 e. The van der Waals surface area contributed by atoms with E-state index in [0.29, 0.717) is 13.0 Å². The number of amides is 5. The Balaban J connectivity index is 1.29. The normalized spacial score (nSPS) is 28.8. The van der Waals surface area contributed by atoms with Crippen LogP contribution in [0.2, 0.25) is 0 Å². The van der Waals surface area contributed by atoms with Crippen LogP contribution in [0.1, 0.15) is 116 Å². The second-order valence-electron chi connectivity index (χ2n) is 18.4. The van der Waals surface area contributed by atoms with E-state index < -0.39 is 74.7 Å². The van der Waals surface area contributed by atoms with Crippen molar-refractivity contribution >= 4 is 39.7 Å². The van der Waals surface area contributed by atoms with Gasteiger partial charge in [0, 0.05) is 43.9 Å². The average molecular weight is 797 g/mol. The van der Waals surface area contributed by atoms with Crippen molar-refractivity contribution in [1.82, 2.24) is 39.8 Å². The molecular formula is C40H60N8O7S. The Morgan fingerprint density at radius 2 is 1.70 bits per heavy atom. The average Bonchev–Trinajstić information content (AvgIpc) is 3.87. The molecule has 4 N–H and O–H groups in total. The highest BCUT2D eigenvalue weighted by atomic mass is 32.2. The first kappa shape index (κ1) is 41.7. The van der Waals surface area contributed by atoms with Crippen molar-refractivity contribution in [1.29, 1.82) is 0 Å². The maximum atomic E-state index is 15.1. The van der Waals surface area contributed by atoms with Crippen LogP contribution in [-0.4, -0.2) is 101 Å². The van der Waals surface area contributed by atoms with Crippen LogP contribution in [-0.2, 0) is 29.4 Å². The maximum absolute atomic E-state index is 15.1. The van der Waals surface area contributed by atoms with Gasteiger partial charge in [0.2, 0.25) is 17.7 Å². The first-order chi connectivity index (χ1) is 26.2. The van der Waals surface area contributed by atoms with Crippen LogP contribution < -0.4 is 20.7 Å². The van der Waals surface area contributed by atoms with Gasteiger partial charge in [-0.3, -0.25) is 29.0 Å². The molecule has 1 aromatic heterocycles. The van der Waals surface area contributed by atoms with E-state index in [1.807, 2.05) is 20.8 Å². The van der Waals surface area contributed by atoms with E-state index in [1.54, 1.807) is 11.8 Å². The molecule has 6 rings (SSSR count). The van der Waals surface area contributed by atoms with Gasteiger partial charge in [-0.15, -0.1) is 6.58 Å². The molecular weight excluding hydrogens is 737 g/mol. The summed E-state index contributed by atoms with van der Waals surface area (Å²) in [7, 11) is -2.82. The van der Waals surface area contributed by atoms with Crippen LogP contribution >= 0.6 is 0 Å². The van der Waals surface area contributed by atoms with Crippen molar-refractivity contribution in [3.8, 4) is 0 Å². The lowest BCUT2D eigenvalue weighted by Gasteiger charge is -2.38. The summed E-state index contributed by atoms with van der Waals surface area (Å²) in [5.74, 6) is -3.53. The van der Waals surface area contributed by atoms with Crippen LogP contribution in [0.25, 0.3) is 0 Å². The molecule has 0 radical (unpaired) electrons. The van der Waals surface area contributed by atoms with E-state index in [-0.39, 0.29) is 40.8 Å². The van der Waals surface area contributed by atoms with E-state index in [2.05, 4.69) is 51.1 Å². The van der Waals surface area contributed by atoms with Gasteiger partial charge in [-0.2, -0.15) is 12.7 Å². The molecule has 0 bridgehead atoms. The smallest absolute Gasteiger partial charge is 0.303 e. The van der Waals surface area contributed by atoms with Crippen molar-refractivity contribution < 1.29 is 32.4 Å². The first-order valence-corrected chi connectivity index (χ1v) is 21.6. The van der Waals surface area contributed by atoms with Gasteiger partial charge in [0.05, 0.1) is 6.20 Å². The van der Waals surface area contributed by atoms with E-state index in [9.17, 15) is 27.6 Å². The van der Waals surface area contributed by atoms with E-state index in [1.165, 1.54) is 31.7 Å². The molecule has 1 aromatic rings. The van der Waals surface area contributed by atoms with Gasteiger partial charge < -0.3 is 20.9 Å². The Morgan fingerprint density at radius 3 is 2.21 bits per heavy atom. The third kappa shape index (κ3) is 6.92. The van der Waals surface area contributed by atoms with Crippen molar-refractivity contribution in [2.45, 2.75) is 129 Å². The van der Waals surface area contributed by atoms with E-state index in [0.717, 1.165) is 55.7 Å². The van der Waals surface area contributed by atoms with Crippen LogP contribution in [0.4, 0.5) is 0 Å². The summed E-state index contributed by atoms with van der Waals surface area (Å²) in [6.07, 6.45) is 13.6. The van der Waals surface area contributed by atoms with Gasteiger partial charge in [-0.05, 0) is 60.7 Å². The minimum Gasteiger partial charge on any atom is -0.342 e. The molecule has 5 amide bonds. The number of nitrogens with one attached hydrogen (secondary N) is 4. The topological polar surface area (TPSA) is 200 Å². The van der Waals surface area contributed by atoms with Crippen molar-refractivity contribution in [3.63, 3.8) is 0 Å². The SMILES string of the molecule is C=C[C@@H]1C[C@]1(NC(=O)[C@@H]1C[C@@]2(CN1C(=O)[C@@H](NC(=O)C(NC(=O)c1cnccn1)C1CCCCC1)C(C)(C)C)C(C)(C)C21CCC1)C(=O)NS(=O)(=O)N(C)CC. The minimum absolute atomic E-state index is 0.0398. The summed E-state index contributed by atoms with van der Waals surface area (Å²) in [5.41, 5.74) is -2.85. The Hall–Kier alpha value is -3.92. The molecule has 56 heavy (non-hydrogen) atoms. The van der Waals surface area contributed by atoms with E-state index in [4.69, 9.17) is 0 Å². The standard InChI is InChI=1S/C40H60N8O7S/c1-9-26-21-40(26,35(53)46-56(54,55)47(8)10-2)45-32(50)28-22-39(37(6,7)38(39)17-14-18-38)24-48(28)34(52)30(36(3,4)5)44-33(51)29(25-15-12-11-13-16-25)43-31(49)27-23-41-19-20-42-27/h9,19-20,23,25-26,28-30H,1,10-18,21-22,24H2,2-8H3,(H,43,49)(H,44,51)(H,45,50)(H,46,53)/t26-,28+,29?,30-,39-,40-/m1/s1. The van der Waals surface area contributed by atoms with Crippen molar-refractivity contribution in [3.05, 3.63) is 36.9 Å². The molecule has 1 aliphatic heterocycles. The Morgan fingerprint density at radius 1 is 1.02 bits per heavy atom. The van der Waals surface area contributed by atoms with Gasteiger partial charge in [0.25, 0.3) is 11.8 Å². The number of rotatable bonds is 13. The van der Waals surface area contributed by atoms with Crippen LogP contribution in [0.15, 0.2) is 31.2 Å². The summed E-state index contributed by atoms with van der Waals surface area (Å²) in [4.78, 5) is 80.8. The van der Waals surface area contributed by atoms with Crippen molar-refractivity contribution in [2.24, 2.45) is 33.5 Å². The predicted octanol–water partition coefficient (Wildman–Crippen LogP) is 2.86. The number of fused-ring (bicyclic) bond motifs is 1. The Kier molecular flexibility index (Phi) is 11.0. The van der Waals surface area contributed by atoms with Crippen LogP contribution in [0, 0.1) is 33.5 Å². The highest BCUT2D eigenvalue weighted by molar-refractivity contribution is 7.87. The number of nitrogens with zero attached hydrogens (tertiary/aromatic N) is 4. The highest BCUT2D eigenvalue weighted by Gasteiger charge is 2.85. The predicted molar refractivity (Wildman–Crippen MR) is 208 cm³/mol. The lowest BCUT2D eigenvalue weighted by Crippen LogP contribution is -2.62. The van der Waals surface area contributed by atoms with E-state index >= 15 is 4.79 Å². The number of hydrogen-bond donors (Lipinski definition) is 4. The summed E-state index contributed by atoms with van der Waals surface area (Å²) < 4.78 is 28.9. The second-order valence-corrected chi connectivity index (χ2v) is 20.2. The number of likely N-dealkylation sites (tertiary alicyclic amines) is 1. The molecule has 4 saturated carbocycles. The number of hydrogen-bond acceptors (Lipinski definition) is 9. The molecule has 16 heteroatoms. The molecule has 15 nitrogen and oxygen atoms in total. The summed E-state index contributed by atoms with van der Waals surface area (Å²) in [5, 5.41) is 8.84. The van der Waals surface area contributed by atoms with Gasteiger partial charge in [0.1, 0.15) is 29.4 Å². The fourth-order valence-corrected chi connectivity index (χ4v) is 11.3. The van der Waals surface area contributed by atoms with Gasteiger partial charge in [0.15, 0.2) is 0 Å². The summed E-state index contributed by atoms with van der Waals surface area (Å²) in [6, 6.07) is -2.99. The molecule has 1 saturated heterocycles. The maximum Gasteiger partial charge on any atom is 0.303 e. The number of carbonyl (C=O) groups is 5. The lowest BCUT2D eigenvalue weighted by atomic mass is 9.73. The molecule has 6 atom stereocenters. The molecule has 5 fully saturated rings. The quantitative estimate of drug-likeness (QED) is 0.217. The molecule has 2 heterocycles. The highest BCUT2D eigenvalue weighted by Crippen LogP contribution is 2.88. The van der Waals surface area contributed by atoms with Gasteiger partial charge >= 0.3 is 10.2 Å². The summed E-state index contributed by atoms with van der Waals surface area (Å²) >= 11 is 0. The Bertz CT molecular complexity index is 1860. The molecule has 2 spiro atoms. The third-order valence-corrected chi connectivity index (χ3v) is 15.9. The third-order valence-electron chi connectivity index (χ3n) is 14.4. The second kappa shape index (κ2) is 14.8. The Labute approximate surface area is 331 Å². The molecule has 5 aliphatic rings. The van der Waals surface area contributed by atoms with Gasteiger partial charge in [-0.1, -0.05) is 73.3 Å². The molecule has 4 aliphatic carbocycles.